The summed E-state index contributed by atoms with van der Waals surface area (Å²) >= 11 is 0. The third-order valence-corrected chi connectivity index (χ3v) is 1.64. The second-order valence-electron chi connectivity index (χ2n) is 2.48. The Hall–Kier alpha value is -1.85. The van der Waals surface area contributed by atoms with Crippen LogP contribution >= 0.6 is 0 Å². The van der Waals surface area contributed by atoms with Gasteiger partial charge in [-0.05, 0) is 6.08 Å². The molecule has 6 heteroatoms. The molecular weight excluding hydrogens is 188 g/mol. The highest BCUT2D eigenvalue weighted by atomic mass is 16.5. The molecule has 0 saturated carbocycles. The maximum Gasteiger partial charge on any atom is 0.355 e. The normalized spacial score (nSPS) is 14.7. The predicted octanol–water partition coefficient (Wildman–Crippen LogP) is -0.434. The Morgan fingerprint density at radius 1 is 1.36 bits per heavy atom. The number of ether oxygens (including phenoxy) is 2. The second-order valence-corrected chi connectivity index (χ2v) is 2.48. The SMILES string of the molecule is COC(=O)C1=CCC(C(=O)OC)=NN1. The third-order valence-electron chi connectivity index (χ3n) is 1.64. The quantitative estimate of drug-likeness (QED) is 0.609. The number of carbonyl (C=O) groups is 2. The molecule has 0 aromatic carbocycles. The molecule has 1 aliphatic rings. The van der Waals surface area contributed by atoms with E-state index in [1.165, 1.54) is 20.3 Å². The fourth-order valence-corrected chi connectivity index (χ4v) is 0.903. The molecule has 76 valence electrons. The number of carbonyl (C=O) groups excluding carboxylic acids is 2. The van der Waals surface area contributed by atoms with Crippen molar-refractivity contribution in [3.8, 4) is 0 Å². The molecule has 14 heavy (non-hydrogen) atoms. The maximum atomic E-state index is 11.0. The molecule has 0 fully saturated rings. The molecule has 0 bridgehead atoms. The van der Waals surface area contributed by atoms with Gasteiger partial charge in [0.1, 0.15) is 11.4 Å². The predicted molar refractivity (Wildman–Crippen MR) is 47.3 cm³/mol. The lowest BCUT2D eigenvalue weighted by Gasteiger charge is -2.11. The lowest BCUT2D eigenvalue weighted by atomic mass is 10.2. The highest BCUT2D eigenvalue weighted by Gasteiger charge is 2.18. The van der Waals surface area contributed by atoms with Crippen LogP contribution < -0.4 is 5.43 Å². The van der Waals surface area contributed by atoms with Crippen molar-refractivity contribution >= 4 is 17.7 Å². The number of nitrogens with zero attached hydrogens (tertiary/aromatic N) is 1. The van der Waals surface area contributed by atoms with E-state index in [4.69, 9.17) is 0 Å². The molecule has 0 amide bonds. The molecule has 0 spiro atoms. The lowest BCUT2D eigenvalue weighted by Crippen LogP contribution is -2.27. The summed E-state index contributed by atoms with van der Waals surface area (Å²) in [5, 5.41) is 3.67. The second kappa shape index (κ2) is 4.40. The zero-order valence-corrected chi connectivity index (χ0v) is 7.86. The number of rotatable bonds is 2. The van der Waals surface area contributed by atoms with E-state index in [-0.39, 0.29) is 17.8 Å². The van der Waals surface area contributed by atoms with E-state index in [0.717, 1.165) is 0 Å². The molecular formula is C8H10N2O4. The zero-order valence-electron chi connectivity index (χ0n) is 7.86. The van der Waals surface area contributed by atoms with Crippen LogP contribution in [0.1, 0.15) is 6.42 Å². The van der Waals surface area contributed by atoms with Gasteiger partial charge in [0.15, 0.2) is 0 Å². The van der Waals surface area contributed by atoms with Crippen molar-refractivity contribution in [2.45, 2.75) is 6.42 Å². The molecule has 1 aliphatic heterocycles. The van der Waals surface area contributed by atoms with Gasteiger partial charge in [-0.1, -0.05) is 0 Å². The number of methoxy groups -OCH3 is 2. The number of allylic oxidation sites excluding steroid dienone is 1. The first kappa shape index (κ1) is 10.2. The first-order valence-corrected chi connectivity index (χ1v) is 3.88. The molecule has 0 saturated heterocycles. The van der Waals surface area contributed by atoms with Crippen molar-refractivity contribution in [2.24, 2.45) is 5.10 Å². The van der Waals surface area contributed by atoms with E-state index in [9.17, 15) is 9.59 Å². The first-order valence-electron chi connectivity index (χ1n) is 3.88. The Morgan fingerprint density at radius 2 is 2.00 bits per heavy atom. The fourth-order valence-electron chi connectivity index (χ4n) is 0.903. The van der Waals surface area contributed by atoms with Gasteiger partial charge < -0.3 is 9.47 Å². The Balaban J connectivity index is 2.61. The van der Waals surface area contributed by atoms with Crippen LogP contribution in [0.3, 0.4) is 0 Å². The molecule has 1 rings (SSSR count). The molecule has 0 aromatic heterocycles. The van der Waals surface area contributed by atoms with Gasteiger partial charge in [-0.25, -0.2) is 9.59 Å². The Kier molecular flexibility index (Phi) is 3.22. The summed E-state index contributed by atoms with van der Waals surface area (Å²) in [6, 6.07) is 0. The number of hydrazone groups is 1. The standard InChI is InChI=1S/C8H10N2O4/c1-13-7(11)5-3-4-6(10-9-5)8(12)14-2/h3,9H,4H2,1-2H3. The molecule has 0 atom stereocenters. The molecule has 0 radical (unpaired) electrons. The van der Waals surface area contributed by atoms with Gasteiger partial charge in [0.05, 0.1) is 14.2 Å². The number of hydrogen-bond acceptors (Lipinski definition) is 6. The van der Waals surface area contributed by atoms with Crippen LogP contribution in [0, 0.1) is 0 Å². The van der Waals surface area contributed by atoms with Gasteiger partial charge >= 0.3 is 11.9 Å². The minimum Gasteiger partial charge on any atom is -0.464 e. The van der Waals surface area contributed by atoms with Crippen LogP contribution in [0.25, 0.3) is 0 Å². The van der Waals surface area contributed by atoms with Crippen LogP contribution in [-0.2, 0) is 19.1 Å². The van der Waals surface area contributed by atoms with Gasteiger partial charge in [0, 0.05) is 6.42 Å². The summed E-state index contributed by atoms with van der Waals surface area (Å²) in [6.45, 7) is 0. The smallest absolute Gasteiger partial charge is 0.355 e. The van der Waals surface area contributed by atoms with E-state index in [2.05, 4.69) is 20.0 Å². The minimum absolute atomic E-state index is 0.222. The van der Waals surface area contributed by atoms with Crippen molar-refractivity contribution in [2.75, 3.05) is 14.2 Å². The van der Waals surface area contributed by atoms with Crippen LogP contribution in [0.15, 0.2) is 16.9 Å². The van der Waals surface area contributed by atoms with Crippen molar-refractivity contribution in [1.82, 2.24) is 5.43 Å². The number of nitrogens with one attached hydrogen (secondary N) is 1. The average Bonchev–Trinajstić information content (AvgIpc) is 2.27. The lowest BCUT2D eigenvalue weighted by molar-refractivity contribution is -0.137. The van der Waals surface area contributed by atoms with Crippen LogP contribution in [0.5, 0.6) is 0 Å². The molecule has 0 aliphatic carbocycles. The van der Waals surface area contributed by atoms with Gasteiger partial charge in [-0.2, -0.15) is 5.10 Å². The molecule has 0 unspecified atom stereocenters. The summed E-state index contributed by atoms with van der Waals surface area (Å²) in [7, 11) is 2.54. The maximum absolute atomic E-state index is 11.0. The van der Waals surface area contributed by atoms with E-state index >= 15 is 0 Å². The van der Waals surface area contributed by atoms with Gasteiger partial charge in [0.2, 0.25) is 0 Å². The molecule has 1 heterocycles. The van der Waals surface area contributed by atoms with Crippen LogP contribution in [0.4, 0.5) is 0 Å². The van der Waals surface area contributed by atoms with E-state index in [0.29, 0.717) is 0 Å². The Labute approximate surface area is 80.6 Å². The molecule has 0 aromatic rings. The summed E-state index contributed by atoms with van der Waals surface area (Å²) in [5.41, 5.74) is 2.85. The first-order chi connectivity index (χ1) is 6.69. The van der Waals surface area contributed by atoms with Gasteiger partial charge in [0.25, 0.3) is 0 Å². The number of esters is 2. The van der Waals surface area contributed by atoms with Crippen molar-refractivity contribution in [3.05, 3.63) is 11.8 Å². The van der Waals surface area contributed by atoms with Crippen molar-refractivity contribution in [1.29, 1.82) is 0 Å². The zero-order chi connectivity index (χ0) is 10.6. The van der Waals surface area contributed by atoms with E-state index in [1.54, 1.807) is 0 Å². The Morgan fingerprint density at radius 3 is 2.43 bits per heavy atom. The van der Waals surface area contributed by atoms with Gasteiger partial charge in [-0.3, -0.25) is 5.43 Å². The van der Waals surface area contributed by atoms with E-state index in [1.807, 2.05) is 0 Å². The topological polar surface area (TPSA) is 77.0 Å². The monoisotopic (exact) mass is 198 g/mol. The Bertz CT molecular complexity index is 287. The summed E-state index contributed by atoms with van der Waals surface area (Å²) in [4.78, 5) is 21.9. The minimum atomic E-state index is -0.516. The summed E-state index contributed by atoms with van der Waals surface area (Å²) < 4.78 is 8.91. The van der Waals surface area contributed by atoms with Crippen molar-refractivity contribution < 1.29 is 19.1 Å². The highest BCUT2D eigenvalue weighted by Crippen LogP contribution is 2.04. The van der Waals surface area contributed by atoms with Gasteiger partial charge in [-0.15, -0.1) is 0 Å². The largest absolute Gasteiger partial charge is 0.464 e. The summed E-state index contributed by atoms with van der Waals surface area (Å²) in [6.07, 6.45) is 1.77. The third kappa shape index (κ3) is 2.09. The van der Waals surface area contributed by atoms with Crippen molar-refractivity contribution in [3.63, 3.8) is 0 Å². The van der Waals surface area contributed by atoms with Crippen LogP contribution in [0.2, 0.25) is 0 Å². The van der Waals surface area contributed by atoms with E-state index < -0.39 is 11.9 Å². The molecule has 1 N–H and O–H groups in total. The molecule has 6 nitrogen and oxygen atoms in total. The number of hydrogen-bond donors (Lipinski definition) is 1. The highest BCUT2D eigenvalue weighted by molar-refractivity contribution is 6.37. The average molecular weight is 198 g/mol. The summed E-state index contributed by atoms with van der Waals surface area (Å²) in [5.74, 6) is -1.03. The fraction of sp³-hybridized carbons (Fsp3) is 0.375. The van der Waals surface area contributed by atoms with Crippen LogP contribution in [-0.4, -0.2) is 31.9 Å².